The van der Waals surface area contributed by atoms with E-state index in [9.17, 15) is 14.4 Å². The van der Waals surface area contributed by atoms with Crippen LogP contribution < -0.4 is 11.1 Å². The van der Waals surface area contributed by atoms with Gasteiger partial charge in [0.05, 0.1) is 5.52 Å². The Morgan fingerprint density at radius 3 is 2.76 bits per heavy atom. The molecule has 0 radical (unpaired) electrons. The molecular weight excluding hydrogens is 322 g/mol. The number of hydrogen-bond donors (Lipinski definition) is 2. The molecule has 1 saturated heterocycles. The van der Waals surface area contributed by atoms with Gasteiger partial charge in [0.2, 0.25) is 5.91 Å². The maximum atomic E-state index is 12.5. The lowest BCUT2D eigenvalue weighted by molar-refractivity contribution is -0.132. The number of nitrogens with one attached hydrogen (secondary N) is 2. The third kappa shape index (κ3) is 3.75. The van der Waals surface area contributed by atoms with E-state index in [0.29, 0.717) is 29.0 Å². The van der Waals surface area contributed by atoms with Crippen LogP contribution in [0, 0.1) is 5.92 Å². The molecular formula is C18H23N3O4. The van der Waals surface area contributed by atoms with Crippen LogP contribution in [0.4, 0.5) is 0 Å². The van der Waals surface area contributed by atoms with Gasteiger partial charge in [-0.3, -0.25) is 14.6 Å². The predicted octanol–water partition coefficient (Wildman–Crippen LogP) is 1.89. The van der Waals surface area contributed by atoms with E-state index in [1.54, 1.807) is 18.2 Å². The van der Waals surface area contributed by atoms with Gasteiger partial charge >= 0.3 is 5.76 Å². The first-order valence-electron chi connectivity index (χ1n) is 8.69. The number of oxazole rings is 1. The van der Waals surface area contributed by atoms with Crippen molar-refractivity contribution in [3.63, 3.8) is 0 Å². The van der Waals surface area contributed by atoms with Crippen LogP contribution in [0.2, 0.25) is 0 Å². The number of piperidine rings is 1. The average Bonchev–Trinajstić information content (AvgIpc) is 3.00. The van der Waals surface area contributed by atoms with E-state index in [1.165, 1.54) is 0 Å². The summed E-state index contributed by atoms with van der Waals surface area (Å²) < 4.78 is 5.00. The molecule has 2 N–H and O–H groups in total. The number of aromatic nitrogens is 1. The van der Waals surface area contributed by atoms with Crippen LogP contribution in [0.15, 0.2) is 27.4 Å². The largest absolute Gasteiger partial charge is 0.417 e. The fourth-order valence-electron chi connectivity index (χ4n) is 3.37. The van der Waals surface area contributed by atoms with Crippen molar-refractivity contribution in [1.29, 1.82) is 0 Å². The second-order valence-corrected chi connectivity index (χ2v) is 6.56. The first-order chi connectivity index (χ1) is 12.0. The number of aromatic amines is 1. The molecule has 1 aliphatic heterocycles. The molecule has 1 aromatic carbocycles. The minimum Gasteiger partial charge on any atom is -0.408 e. The smallest absolute Gasteiger partial charge is 0.408 e. The number of nitrogens with zero attached hydrogens (tertiary/aromatic N) is 1. The highest BCUT2D eigenvalue weighted by Gasteiger charge is 2.26. The van der Waals surface area contributed by atoms with Crippen molar-refractivity contribution in [2.75, 3.05) is 13.1 Å². The first kappa shape index (κ1) is 17.3. The Bertz CT molecular complexity index is 830. The number of hydrogen-bond acceptors (Lipinski definition) is 4. The zero-order valence-corrected chi connectivity index (χ0v) is 14.5. The number of benzene rings is 1. The van der Waals surface area contributed by atoms with Gasteiger partial charge in [0.1, 0.15) is 0 Å². The van der Waals surface area contributed by atoms with E-state index in [2.05, 4.69) is 10.3 Å². The van der Waals surface area contributed by atoms with Crippen molar-refractivity contribution < 1.29 is 14.0 Å². The van der Waals surface area contributed by atoms with Gasteiger partial charge in [0.15, 0.2) is 5.58 Å². The highest BCUT2D eigenvalue weighted by atomic mass is 16.4. The monoisotopic (exact) mass is 345 g/mol. The molecule has 2 amide bonds. The molecule has 134 valence electrons. The van der Waals surface area contributed by atoms with Crippen LogP contribution in [-0.4, -0.2) is 40.8 Å². The molecule has 0 bridgehead atoms. The van der Waals surface area contributed by atoms with Crippen molar-refractivity contribution in [2.24, 2.45) is 5.92 Å². The summed E-state index contributed by atoms with van der Waals surface area (Å²) in [7, 11) is 0. The van der Waals surface area contributed by atoms with E-state index >= 15 is 0 Å². The summed E-state index contributed by atoms with van der Waals surface area (Å²) in [4.78, 5) is 39.8. The van der Waals surface area contributed by atoms with Crippen molar-refractivity contribution in [1.82, 2.24) is 15.2 Å². The molecule has 7 heteroatoms. The van der Waals surface area contributed by atoms with Gasteiger partial charge in [-0.1, -0.05) is 6.92 Å². The first-order valence-corrected chi connectivity index (χ1v) is 8.69. The predicted molar refractivity (Wildman–Crippen MR) is 93.4 cm³/mol. The molecule has 25 heavy (non-hydrogen) atoms. The zero-order chi connectivity index (χ0) is 18.0. The van der Waals surface area contributed by atoms with Crippen LogP contribution in [-0.2, 0) is 4.79 Å². The second-order valence-electron chi connectivity index (χ2n) is 6.56. The maximum absolute atomic E-state index is 12.5. The number of rotatable bonds is 4. The number of likely N-dealkylation sites (tertiary alicyclic amines) is 1. The zero-order valence-electron chi connectivity index (χ0n) is 14.5. The molecule has 2 heterocycles. The van der Waals surface area contributed by atoms with Crippen LogP contribution in [0.1, 0.15) is 43.5 Å². The lowest BCUT2D eigenvalue weighted by Crippen LogP contribution is -2.45. The highest BCUT2D eigenvalue weighted by molar-refractivity contribution is 5.97. The summed E-state index contributed by atoms with van der Waals surface area (Å²) in [5, 5.41) is 3.02. The topological polar surface area (TPSA) is 95.4 Å². The van der Waals surface area contributed by atoms with E-state index in [0.717, 1.165) is 25.9 Å². The highest BCUT2D eigenvalue weighted by Crippen LogP contribution is 2.21. The van der Waals surface area contributed by atoms with Crippen LogP contribution >= 0.6 is 0 Å². The van der Waals surface area contributed by atoms with Crippen molar-refractivity contribution >= 4 is 22.9 Å². The lowest BCUT2D eigenvalue weighted by Gasteiger charge is -2.35. The Hall–Kier alpha value is -2.57. The summed E-state index contributed by atoms with van der Waals surface area (Å²) in [6.45, 7) is 5.37. The number of amides is 2. The number of fused-ring (bicyclic) bond motifs is 1. The van der Waals surface area contributed by atoms with Crippen molar-refractivity contribution in [2.45, 2.75) is 39.2 Å². The Balaban J connectivity index is 1.60. The third-order valence-electron chi connectivity index (χ3n) is 4.94. The molecule has 7 nitrogen and oxygen atoms in total. The fourth-order valence-corrected chi connectivity index (χ4v) is 3.37. The third-order valence-corrected chi connectivity index (χ3v) is 4.94. The maximum Gasteiger partial charge on any atom is 0.417 e. The van der Waals surface area contributed by atoms with E-state index in [4.69, 9.17) is 4.42 Å². The summed E-state index contributed by atoms with van der Waals surface area (Å²) in [6.07, 6.45) is 2.31. The lowest BCUT2D eigenvalue weighted by atomic mass is 9.90. The quantitative estimate of drug-likeness (QED) is 0.884. The van der Waals surface area contributed by atoms with Gasteiger partial charge < -0.3 is 14.6 Å². The molecule has 0 spiro atoms. The Kier molecular flexibility index (Phi) is 4.92. The van der Waals surface area contributed by atoms with Gasteiger partial charge in [-0.15, -0.1) is 0 Å². The Morgan fingerprint density at radius 2 is 2.08 bits per heavy atom. The van der Waals surface area contributed by atoms with Gasteiger partial charge in [0.25, 0.3) is 5.91 Å². The minimum atomic E-state index is -0.533. The van der Waals surface area contributed by atoms with Crippen LogP contribution in [0.25, 0.3) is 11.1 Å². The van der Waals surface area contributed by atoms with Crippen LogP contribution in [0.3, 0.4) is 0 Å². The van der Waals surface area contributed by atoms with Crippen LogP contribution in [0.5, 0.6) is 0 Å². The number of carbonyl (C=O) groups excluding carboxylic acids is 2. The number of H-pyrrole nitrogens is 1. The summed E-state index contributed by atoms with van der Waals surface area (Å²) >= 11 is 0. The van der Waals surface area contributed by atoms with E-state index in [-0.39, 0.29) is 17.9 Å². The molecule has 3 rings (SSSR count). The standard InChI is InChI=1S/C18H23N3O4/c1-3-16(22)21-8-6-12(7-9-21)11(2)19-17(23)13-4-5-14-15(10-13)25-18(24)20-14/h4-5,10-12H,3,6-9H2,1-2H3,(H,19,23)(H,20,24). The minimum absolute atomic E-state index is 0.0142. The summed E-state index contributed by atoms with van der Waals surface area (Å²) in [5.74, 6) is -0.185. The van der Waals surface area contributed by atoms with Gasteiger partial charge in [-0.25, -0.2) is 4.79 Å². The van der Waals surface area contributed by atoms with Gasteiger partial charge in [-0.2, -0.15) is 0 Å². The molecule has 1 aromatic heterocycles. The number of carbonyl (C=O) groups is 2. The second kappa shape index (κ2) is 7.13. The van der Waals surface area contributed by atoms with Gasteiger partial charge in [-0.05, 0) is 43.9 Å². The van der Waals surface area contributed by atoms with Crippen molar-refractivity contribution in [3.8, 4) is 0 Å². The Morgan fingerprint density at radius 1 is 1.36 bits per heavy atom. The molecule has 0 aliphatic carbocycles. The van der Waals surface area contributed by atoms with E-state index in [1.807, 2.05) is 18.7 Å². The molecule has 1 atom stereocenters. The summed E-state index contributed by atoms with van der Waals surface area (Å²) in [5.41, 5.74) is 1.40. The summed E-state index contributed by atoms with van der Waals surface area (Å²) in [6, 6.07) is 4.91. The molecule has 1 unspecified atom stereocenters. The SMILES string of the molecule is CCC(=O)N1CCC(C(C)NC(=O)c2ccc3[nH]c(=O)oc3c2)CC1. The molecule has 1 aliphatic rings. The molecule has 2 aromatic rings. The average molecular weight is 345 g/mol. The molecule has 1 fully saturated rings. The van der Waals surface area contributed by atoms with E-state index < -0.39 is 5.76 Å². The Labute approximate surface area is 145 Å². The van der Waals surface area contributed by atoms with Gasteiger partial charge in [0, 0.05) is 31.1 Å². The fraction of sp³-hybridized carbons (Fsp3) is 0.500. The molecule has 0 saturated carbocycles. The normalized spacial score (nSPS) is 16.8. The van der Waals surface area contributed by atoms with Crippen molar-refractivity contribution in [3.05, 3.63) is 34.3 Å².